The molecule has 0 amide bonds. The summed E-state index contributed by atoms with van der Waals surface area (Å²) < 4.78 is 38.7. The van der Waals surface area contributed by atoms with Gasteiger partial charge in [-0.2, -0.15) is 0 Å². The molecule has 48 valence electrons. The molecule has 0 fully saturated rings. The van der Waals surface area contributed by atoms with Crippen LogP contribution in [0.2, 0.25) is 0 Å². The summed E-state index contributed by atoms with van der Waals surface area (Å²) in [5.41, 5.74) is 5.08. The van der Waals surface area contributed by atoms with Crippen molar-refractivity contribution >= 4 is 5.97 Å². The quantitative estimate of drug-likeness (QED) is 0.520. The van der Waals surface area contributed by atoms with Crippen LogP contribution in [0.4, 0.5) is 0 Å². The van der Waals surface area contributed by atoms with Crippen LogP contribution in [0.25, 0.3) is 0 Å². The van der Waals surface area contributed by atoms with Crippen molar-refractivity contribution in [1.29, 1.82) is 0 Å². The molecular weight excluding hydrogens is 106 g/mol. The van der Waals surface area contributed by atoms with Crippen molar-refractivity contribution in [1.82, 2.24) is 0 Å². The van der Waals surface area contributed by atoms with Crippen molar-refractivity contribution in [2.45, 2.75) is 19.3 Å². The number of methoxy groups -OCH3 is 1. The number of nitrogens with two attached hydrogens (primary N) is 1. The molecular formula is C5H11NO2. The maximum Gasteiger partial charge on any atom is 0.322 e. The highest BCUT2D eigenvalue weighted by Gasteiger charge is 2.08. The lowest BCUT2D eigenvalue weighted by Gasteiger charge is -2.03. The van der Waals surface area contributed by atoms with Gasteiger partial charge < -0.3 is 10.5 Å². The second kappa shape index (κ2) is 3.43. The van der Waals surface area contributed by atoms with Crippen molar-refractivity contribution < 1.29 is 16.4 Å². The average molecular weight is 122 g/mol. The monoisotopic (exact) mass is 122 g/mol. The molecule has 0 aromatic heterocycles. The van der Waals surface area contributed by atoms with Crippen LogP contribution in [0.1, 0.15) is 20.1 Å². The van der Waals surface area contributed by atoms with Gasteiger partial charge in [0.1, 0.15) is 6.04 Å². The van der Waals surface area contributed by atoms with Crippen LogP contribution in [-0.4, -0.2) is 19.1 Å². The Balaban J connectivity index is 4.74. The number of carbonyl (C=O) groups excluding carboxylic acids is 1. The number of hydrogen-bond acceptors (Lipinski definition) is 3. The van der Waals surface area contributed by atoms with Gasteiger partial charge in [0.25, 0.3) is 0 Å². The molecule has 0 aromatic carbocycles. The highest BCUT2D eigenvalue weighted by molar-refractivity contribution is 5.75. The molecule has 0 heterocycles. The summed E-state index contributed by atoms with van der Waals surface area (Å²) in [6.45, 7) is -2.94. The Morgan fingerprint density at radius 3 is 3.25 bits per heavy atom. The molecule has 3 nitrogen and oxygen atoms in total. The van der Waals surface area contributed by atoms with Gasteiger partial charge in [-0.25, -0.2) is 0 Å². The van der Waals surface area contributed by atoms with Crippen LogP contribution in [0.3, 0.4) is 0 Å². The summed E-state index contributed by atoms with van der Waals surface area (Å²) in [5.74, 6) is -1.08. The first-order valence-electron chi connectivity index (χ1n) is 4.48. The number of carbonyl (C=O) groups is 1. The minimum atomic E-state index is -2.94. The Kier molecular flexibility index (Phi) is 1.01. The fourth-order valence-electron chi connectivity index (χ4n) is 0.186. The third-order valence-electron chi connectivity index (χ3n) is 0.611. The predicted molar refractivity (Wildman–Crippen MR) is 30.3 cm³/mol. The maximum atomic E-state index is 10.8. The highest BCUT2D eigenvalue weighted by Crippen LogP contribution is 1.86. The molecule has 2 N–H and O–H groups in total. The topological polar surface area (TPSA) is 52.3 Å². The van der Waals surface area contributed by atoms with Gasteiger partial charge in [-0.15, -0.1) is 0 Å². The molecule has 1 atom stereocenters. The number of hydrogen-bond donors (Lipinski definition) is 1. The minimum absolute atomic E-state index is 1.01. The molecule has 8 heavy (non-hydrogen) atoms. The summed E-state index contributed by atoms with van der Waals surface area (Å²) in [7, 11) is 1.01. The third-order valence-corrected chi connectivity index (χ3v) is 0.611. The summed E-state index contributed by atoms with van der Waals surface area (Å²) in [6, 6.07) is -1.80. The zero-order valence-electron chi connectivity index (χ0n) is 9.47. The number of ether oxygens (including phenoxy) is 1. The SMILES string of the molecule is [2H]C([2H])([2H])C([2H])([2H])[C@H](N)C(=O)OC. The molecule has 0 aliphatic carbocycles. The van der Waals surface area contributed by atoms with E-state index in [9.17, 15) is 4.79 Å². The van der Waals surface area contributed by atoms with Crippen molar-refractivity contribution in [2.75, 3.05) is 7.11 Å². The van der Waals surface area contributed by atoms with Crippen molar-refractivity contribution in [3.63, 3.8) is 0 Å². The largest absolute Gasteiger partial charge is 0.468 e. The first kappa shape index (κ1) is 2.35. The smallest absolute Gasteiger partial charge is 0.322 e. The van der Waals surface area contributed by atoms with Crippen molar-refractivity contribution in [2.24, 2.45) is 5.73 Å². The lowest BCUT2D eigenvalue weighted by atomic mass is 10.2. The molecule has 0 spiro atoms. The van der Waals surface area contributed by atoms with Gasteiger partial charge in [0.05, 0.1) is 7.11 Å². The molecule has 0 aromatic rings. The Morgan fingerprint density at radius 2 is 2.88 bits per heavy atom. The summed E-state index contributed by atoms with van der Waals surface area (Å²) in [6.07, 6.45) is -2.78. The van der Waals surface area contributed by atoms with E-state index in [2.05, 4.69) is 4.74 Å². The Hall–Kier alpha value is -0.570. The molecule has 0 bridgehead atoms. The van der Waals surface area contributed by atoms with E-state index in [1.807, 2.05) is 0 Å². The highest BCUT2D eigenvalue weighted by atomic mass is 16.5. The van der Waals surface area contributed by atoms with Gasteiger partial charge in [-0.1, -0.05) is 6.85 Å². The summed E-state index contributed by atoms with van der Waals surface area (Å²) >= 11 is 0. The van der Waals surface area contributed by atoms with Gasteiger partial charge in [0.2, 0.25) is 0 Å². The lowest BCUT2D eigenvalue weighted by molar-refractivity contribution is -0.142. The van der Waals surface area contributed by atoms with Crippen LogP contribution in [-0.2, 0) is 9.53 Å². The predicted octanol–water partition coefficient (Wildman–Crippen LogP) is -0.103. The molecule has 0 saturated heterocycles. The molecule has 0 saturated carbocycles. The van der Waals surface area contributed by atoms with Crippen LogP contribution in [0.15, 0.2) is 0 Å². The summed E-state index contributed by atoms with van der Waals surface area (Å²) in [4.78, 5) is 10.8. The van der Waals surface area contributed by atoms with Gasteiger partial charge in [-0.3, -0.25) is 4.79 Å². The first-order chi connectivity index (χ1) is 5.64. The summed E-state index contributed by atoms with van der Waals surface area (Å²) in [5, 5.41) is 0. The van der Waals surface area contributed by atoms with E-state index in [0.717, 1.165) is 7.11 Å². The van der Waals surface area contributed by atoms with E-state index in [4.69, 9.17) is 12.6 Å². The number of esters is 1. The zero-order valence-corrected chi connectivity index (χ0v) is 4.47. The Morgan fingerprint density at radius 1 is 2.25 bits per heavy atom. The third kappa shape index (κ3) is 1.93. The number of rotatable bonds is 2. The normalized spacial score (nSPS) is 25.5. The fraction of sp³-hybridized carbons (Fsp3) is 0.800. The first-order valence-corrected chi connectivity index (χ1v) is 1.98. The standard InChI is InChI=1S/C5H11NO2/c1-3-4(6)5(7)8-2/h4H,3,6H2,1-2H3/t4-/m0/s1/i1D3,3D2. The van der Waals surface area contributed by atoms with Crippen LogP contribution >= 0.6 is 0 Å². The van der Waals surface area contributed by atoms with Crippen molar-refractivity contribution in [3.8, 4) is 0 Å². The van der Waals surface area contributed by atoms with Crippen molar-refractivity contribution in [3.05, 3.63) is 0 Å². The molecule has 0 aliphatic rings. The second-order valence-electron chi connectivity index (χ2n) is 1.15. The van der Waals surface area contributed by atoms with Crippen LogP contribution in [0, 0.1) is 0 Å². The molecule has 3 heteroatoms. The molecule has 0 rings (SSSR count). The maximum absolute atomic E-state index is 10.8. The second-order valence-corrected chi connectivity index (χ2v) is 1.15. The van der Waals surface area contributed by atoms with Gasteiger partial charge >= 0.3 is 5.97 Å². The minimum Gasteiger partial charge on any atom is -0.468 e. The lowest BCUT2D eigenvalue weighted by Crippen LogP contribution is -2.30. The molecule has 0 radical (unpaired) electrons. The fourth-order valence-corrected chi connectivity index (χ4v) is 0.186. The van der Waals surface area contributed by atoms with E-state index < -0.39 is 25.2 Å². The zero-order chi connectivity index (χ0) is 10.9. The molecule has 0 unspecified atom stereocenters. The van der Waals surface area contributed by atoms with Crippen LogP contribution < -0.4 is 5.73 Å². The van der Waals surface area contributed by atoms with E-state index >= 15 is 0 Å². The van der Waals surface area contributed by atoms with Gasteiger partial charge in [-0.05, 0) is 6.37 Å². The van der Waals surface area contributed by atoms with E-state index in [0.29, 0.717) is 0 Å². The van der Waals surface area contributed by atoms with Gasteiger partial charge in [0, 0.05) is 6.85 Å². The van der Waals surface area contributed by atoms with Gasteiger partial charge in [0.15, 0.2) is 0 Å². The average Bonchev–Trinajstić information content (AvgIpc) is 1.99. The van der Waals surface area contributed by atoms with E-state index in [1.165, 1.54) is 0 Å². The Bertz CT molecular complexity index is 202. The van der Waals surface area contributed by atoms with E-state index in [-0.39, 0.29) is 0 Å². The van der Waals surface area contributed by atoms with E-state index in [1.54, 1.807) is 0 Å². The molecule has 0 aliphatic heterocycles. The van der Waals surface area contributed by atoms with Crippen LogP contribution in [0.5, 0.6) is 0 Å². The Labute approximate surface area is 55.8 Å².